The van der Waals surface area contributed by atoms with E-state index in [4.69, 9.17) is 5.10 Å². The maximum absolute atomic E-state index is 13.0. The number of urea groups is 1. The lowest BCUT2D eigenvalue weighted by molar-refractivity contribution is -0.116. The average molecular weight is 462 g/mol. The standard InChI is InChI=1S/C27H35N5O2/c1-6-16-31(26(34)28-18-21-10-8-7-9-11-21)19-25(33)29-24-17-23(27(3,4)5)30-32(24)22-14-12-20(2)13-15-22/h7-15,17H,6,16,18-19H2,1-5H3,(H,28,34)(H,29,33). The third kappa shape index (κ3) is 6.70. The number of anilines is 1. The SMILES string of the molecule is CCCN(CC(=O)Nc1cc(C(C)(C)C)nn1-c1ccc(C)cc1)C(=O)NCc1ccccc1. The zero-order valence-corrected chi connectivity index (χ0v) is 20.8. The largest absolute Gasteiger partial charge is 0.334 e. The maximum atomic E-state index is 13.0. The summed E-state index contributed by atoms with van der Waals surface area (Å²) in [5, 5.41) is 10.6. The predicted molar refractivity (Wildman–Crippen MR) is 136 cm³/mol. The number of benzene rings is 2. The fraction of sp³-hybridized carbons (Fsp3) is 0.370. The molecule has 0 saturated heterocycles. The van der Waals surface area contributed by atoms with Crippen LogP contribution in [0.1, 0.15) is 50.9 Å². The smallest absolute Gasteiger partial charge is 0.318 e. The molecule has 0 fully saturated rings. The highest BCUT2D eigenvalue weighted by Gasteiger charge is 2.23. The molecule has 3 aromatic rings. The van der Waals surface area contributed by atoms with Crippen molar-refractivity contribution < 1.29 is 9.59 Å². The predicted octanol–water partition coefficient (Wildman–Crippen LogP) is 5.04. The van der Waals surface area contributed by atoms with Gasteiger partial charge in [-0.25, -0.2) is 9.48 Å². The monoisotopic (exact) mass is 461 g/mol. The number of nitrogens with zero attached hydrogens (tertiary/aromatic N) is 3. The topological polar surface area (TPSA) is 79.3 Å². The van der Waals surface area contributed by atoms with E-state index in [1.165, 1.54) is 4.90 Å². The van der Waals surface area contributed by atoms with Gasteiger partial charge in [-0.2, -0.15) is 5.10 Å². The highest BCUT2D eigenvalue weighted by Crippen LogP contribution is 2.26. The number of rotatable bonds is 8. The van der Waals surface area contributed by atoms with Crippen LogP contribution in [0.3, 0.4) is 0 Å². The molecular weight excluding hydrogens is 426 g/mol. The van der Waals surface area contributed by atoms with Gasteiger partial charge in [0, 0.05) is 24.6 Å². The van der Waals surface area contributed by atoms with Crippen molar-refractivity contribution in [3.8, 4) is 5.69 Å². The van der Waals surface area contributed by atoms with Crippen LogP contribution < -0.4 is 10.6 Å². The molecule has 180 valence electrons. The molecule has 3 rings (SSSR count). The van der Waals surface area contributed by atoms with Crippen LogP contribution in [0.4, 0.5) is 10.6 Å². The number of amides is 3. The Balaban J connectivity index is 1.74. The second-order valence-electron chi connectivity index (χ2n) is 9.53. The number of carbonyl (C=O) groups is 2. The van der Waals surface area contributed by atoms with Crippen LogP contribution in [0.5, 0.6) is 0 Å². The van der Waals surface area contributed by atoms with Gasteiger partial charge < -0.3 is 15.5 Å². The van der Waals surface area contributed by atoms with E-state index < -0.39 is 0 Å². The summed E-state index contributed by atoms with van der Waals surface area (Å²) in [4.78, 5) is 27.3. The molecule has 0 atom stereocenters. The minimum absolute atomic E-state index is 0.0433. The Morgan fingerprint density at radius 3 is 2.32 bits per heavy atom. The third-order valence-electron chi connectivity index (χ3n) is 5.43. The molecule has 0 spiro atoms. The first kappa shape index (κ1) is 25.0. The van der Waals surface area contributed by atoms with Crippen molar-refractivity contribution in [2.75, 3.05) is 18.4 Å². The number of nitrogens with one attached hydrogen (secondary N) is 2. The molecule has 2 N–H and O–H groups in total. The van der Waals surface area contributed by atoms with E-state index in [1.54, 1.807) is 4.68 Å². The summed E-state index contributed by atoms with van der Waals surface area (Å²) in [5.74, 6) is 0.317. The first-order valence-corrected chi connectivity index (χ1v) is 11.7. The van der Waals surface area contributed by atoms with Crippen LogP contribution in [0.15, 0.2) is 60.7 Å². The minimum atomic E-state index is -0.267. The van der Waals surface area contributed by atoms with E-state index in [0.717, 1.165) is 28.9 Å². The van der Waals surface area contributed by atoms with Crippen LogP contribution in [-0.2, 0) is 16.8 Å². The molecule has 7 nitrogen and oxygen atoms in total. The van der Waals surface area contributed by atoms with Crippen molar-refractivity contribution in [3.63, 3.8) is 0 Å². The summed E-state index contributed by atoms with van der Waals surface area (Å²) in [7, 11) is 0. The van der Waals surface area contributed by atoms with Crippen molar-refractivity contribution in [2.45, 2.75) is 53.0 Å². The Morgan fingerprint density at radius 1 is 1.03 bits per heavy atom. The van der Waals surface area contributed by atoms with Gasteiger partial charge in [-0.3, -0.25) is 4.79 Å². The summed E-state index contributed by atoms with van der Waals surface area (Å²) in [6.45, 7) is 11.1. The number of hydrogen-bond acceptors (Lipinski definition) is 3. The Bertz CT molecular complexity index is 1100. The highest BCUT2D eigenvalue weighted by atomic mass is 16.2. The van der Waals surface area contributed by atoms with Crippen LogP contribution in [-0.4, -0.2) is 39.7 Å². The van der Waals surface area contributed by atoms with Crippen LogP contribution >= 0.6 is 0 Å². The molecule has 0 aliphatic rings. The lowest BCUT2D eigenvalue weighted by Gasteiger charge is -2.22. The van der Waals surface area contributed by atoms with E-state index in [0.29, 0.717) is 18.9 Å². The van der Waals surface area contributed by atoms with Crippen molar-refractivity contribution in [3.05, 3.63) is 77.5 Å². The van der Waals surface area contributed by atoms with Crippen LogP contribution in [0.2, 0.25) is 0 Å². The van der Waals surface area contributed by atoms with Gasteiger partial charge >= 0.3 is 6.03 Å². The molecule has 0 aliphatic heterocycles. The number of hydrogen-bond donors (Lipinski definition) is 2. The van der Waals surface area contributed by atoms with E-state index in [1.807, 2.05) is 74.5 Å². The molecule has 3 amide bonds. The van der Waals surface area contributed by atoms with Gasteiger partial charge in [0.25, 0.3) is 0 Å². The summed E-state index contributed by atoms with van der Waals surface area (Å²) in [6.07, 6.45) is 0.751. The molecule has 7 heteroatoms. The van der Waals surface area contributed by atoms with Gasteiger partial charge in [0.1, 0.15) is 12.4 Å². The Labute approximate surface area is 202 Å². The Morgan fingerprint density at radius 2 is 1.71 bits per heavy atom. The normalized spacial score (nSPS) is 11.2. The second-order valence-corrected chi connectivity index (χ2v) is 9.53. The van der Waals surface area contributed by atoms with Crippen LogP contribution in [0, 0.1) is 6.92 Å². The highest BCUT2D eigenvalue weighted by molar-refractivity contribution is 5.94. The van der Waals surface area contributed by atoms with Crippen molar-refractivity contribution >= 4 is 17.8 Å². The van der Waals surface area contributed by atoms with E-state index in [2.05, 4.69) is 31.4 Å². The van der Waals surface area contributed by atoms with Gasteiger partial charge in [0.2, 0.25) is 5.91 Å². The Kier molecular flexibility index (Phi) is 8.10. The number of aromatic nitrogens is 2. The summed E-state index contributed by atoms with van der Waals surface area (Å²) >= 11 is 0. The molecule has 0 aliphatic carbocycles. The lowest BCUT2D eigenvalue weighted by atomic mass is 9.92. The van der Waals surface area contributed by atoms with E-state index >= 15 is 0 Å². The fourth-order valence-electron chi connectivity index (χ4n) is 3.48. The molecule has 0 radical (unpaired) electrons. The summed E-state index contributed by atoms with van der Waals surface area (Å²) < 4.78 is 1.75. The molecule has 1 heterocycles. The van der Waals surface area contributed by atoms with Gasteiger partial charge in [-0.15, -0.1) is 0 Å². The summed E-state index contributed by atoms with van der Waals surface area (Å²) in [5.41, 5.74) is 3.71. The molecular formula is C27H35N5O2. The molecule has 1 aromatic heterocycles. The molecule has 0 bridgehead atoms. The molecule has 0 unspecified atom stereocenters. The lowest BCUT2D eigenvalue weighted by Crippen LogP contribution is -2.44. The van der Waals surface area contributed by atoms with Crippen molar-refractivity contribution in [1.82, 2.24) is 20.0 Å². The Hall–Kier alpha value is -3.61. The van der Waals surface area contributed by atoms with Gasteiger partial charge in [0.05, 0.1) is 11.4 Å². The quantitative estimate of drug-likeness (QED) is 0.493. The first-order chi connectivity index (χ1) is 16.2. The molecule has 2 aromatic carbocycles. The summed E-state index contributed by atoms with van der Waals surface area (Å²) in [6, 6.07) is 19.3. The third-order valence-corrected chi connectivity index (χ3v) is 5.43. The maximum Gasteiger partial charge on any atom is 0.318 e. The van der Waals surface area contributed by atoms with Gasteiger partial charge in [-0.05, 0) is 31.0 Å². The fourth-order valence-corrected chi connectivity index (χ4v) is 3.48. The van der Waals surface area contributed by atoms with E-state index in [-0.39, 0.29) is 23.9 Å². The first-order valence-electron chi connectivity index (χ1n) is 11.7. The number of carbonyl (C=O) groups excluding carboxylic acids is 2. The zero-order chi connectivity index (χ0) is 24.7. The van der Waals surface area contributed by atoms with Crippen LogP contribution in [0.25, 0.3) is 5.69 Å². The molecule has 0 saturated carbocycles. The van der Waals surface area contributed by atoms with Crippen molar-refractivity contribution in [2.24, 2.45) is 0 Å². The van der Waals surface area contributed by atoms with E-state index in [9.17, 15) is 9.59 Å². The zero-order valence-electron chi connectivity index (χ0n) is 20.8. The van der Waals surface area contributed by atoms with Gasteiger partial charge in [-0.1, -0.05) is 75.7 Å². The molecule has 34 heavy (non-hydrogen) atoms. The number of aryl methyl sites for hydroxylation is 1. The van der Waals surface area contributed by atoms with Crippen molar-refractivity contribution in [1.29, 1.82) is 0 Å². The van der Waals surface area contributed by atoms with Gasteiger partial charge in [0.15, 0.2) is 0 Å². The second kappa shape index (κ2) is 11.0. The average Bonchev–Trinajstić information content (AvgIpc) is 3.22. The minimum Gasteiger partial charge on any atom is -0.334 e.